The van der Waals surface area contributed by atoms with Crippen molar-refractivity contribution in [3.8, 4) is 5.75 Å². The SMILES string of the molecule is CCCNC(C=C(C)C)c1cccc(OC)c1. The van der Waals surface area contributed by atoms with E-state index >= 15 is 0 Å². The molecule has 0 spiro atoms. The molecule has 1 N–H and O–H groups in total. The summed E-state index contributed by atoms with van der Waals surface area (Å²) in [4.78, 5) is 0. The second kappa shape index (κ2) is 7.13. The second-order valence-electron chi connectivity index (χ2n) is 4.45. The Morgan fingerprint density at radius 1 is 1.41 bits per heavy atom. The molecule has 0 radical (unpaired) electrons. The van der Waals surface area contributed by atoms with Crippen molar-refractivity contribution in [2.45, 2.75) is 33.2 Å². The van der Waals surface area contributed by atoms with Gasteiger partial charge in [-0.3, -0.25) is 0 Å². The van der Waals surface area contributed by atoms with E-state index in [9.17, 15) is 0 Å². The Morgan fingerprint density at radius 3 is 2.76 bits per heavy atom. The Bertz CT molecular complexity index is 367. The van der Waals surface area contributed by atoms with Gasteiger partial charge in [0, 0.05) is 0 Å². The Balaban J connectivity index is 2.90. The maximum Gasteiger partial charge on any atom is 0.119 e. The molecule has 1 aromatic carbocycles. The van der Waals surface area contributed by atoms with Gasteiger partial charge in [0.2, 0.25) is 0 Å². The molecule has 0 fully saturated rings. The number of hydrogen-bond donors (Lipinski definition) is 1. The third-order valence-electron chi connectivity index (χ3n) is 2.57. The normalized spacial score (nSPS) is 12.0. The Hall–Kier alpha value is -1.28. The molecule has 94 valence electrons. The quantitative estimate of drug-likeness (QED) is 0.756. The minimum absolute atomic E-state index is 0.273. The van der Waals surface area contributed by atoms with Crippen molar-refractivity contribution in [3.63, 3.8) is 0 Å². The van der Waals surface area contributed by atoms with Gasteiger partial charge < -0.3 is 10.1 Å². The number of nitrogens with one attached hydrogen (secondary N) is 1. The first-order valence-electron chi connectivity index (χ1n) is 6.19. The highest BCUT2D eigenvalue weighted by Crippen LogP contribution is 2.21. The summed E-state index contributed by atoms with van der Waals surface area (Å²) >= 11 is 0. The monoisotopic (exact) mass is 233 g/mol. The summed E-state index contributed by atoms with van der Waals surface area (Å²) in [5.74, 6) is 0.910. The van der Waals surface area contributed by atoms with Gasteiger partial charge in [-0.1, -0.05) is 30.7 Å². The molecule has 1 rings (SSSR count). The number of rotatable bonds is 6. The van der Waals surface area contributed by atoms with Crippen LogP contribution in [0.3, 0.4) is 0 Å². The molecule has 0 heterocycles. The van der Waals surface area contributed by atoms with E-state index in [0.717, 1.165) is 18.7 Å². The van der Waals surface area contributed by atoms with Gasteiger partial charge >= 0.3 is 0 Å². The lowest BCUT2D eigenvalue weighted by molar-refractivity contribution is 0.413. The molecule has 0 aliphatic carbocycles. The van der Waals surface area contributed by atoms with Gasteiger partial charge in [0.05, 0.1) is 13.2 Å². The lowest BCUT2D eigenvalue weighted by Gasteiger charge is -2.16. The summed E-state index contributed by atoms with van der Waals surface area (Å²) in [5, 5.41) is 3.54. The summed E-state index contributed by atoms with van der Waals surface area (Å²) in [6.07, 6.45) is 3.39. The van der Waals surface area contributed by atoms with E-state index < -0.39 is 0 Å². The molecule has 0 bridgehead atoms. The molecule has 0 aliphatic heterocycles. The minimum Gasteiger partial charge on any atom is -0.497 e. The lowest BCUT2D eigenvalue weighted by Crippen LogP contribution is -2.20. The van der Waals surface area contributed by atoms with Gasteiger partial charge in [-0.2, -0.15) is 0 Å². The number of ether oxygens (including phenoxy) is 1. The largest absolute Gasteiger partial charge is 0.497 e. The fourth-order valence-electron chi connectivity index (χ4n) is 1.74. The number of allylic oxidation sites excluding steroid dienone is 1. The van der Waals surface area contributed by atoms with E-state index in [2.05, 4.69) is 44.3 Å². The topological polar surface area (TPSA) is 21.3 Å². The number of benzene rings is 1. The van der Waals surface area contributed by atoms with E-state index in [1.807, 2.05) is 12.1 Å². The Morgan fingerprint density at radius 2 is 2.18 bits per heavy atom. The van der Waals surface area contributed by atoms with Crippen LogP contribution in [0.4, 0.5) is 0 Å². The molecule has 2 nitrogen and oxygen atoms in total. The van der Waals surface area contributed by atoms with Crippen LogP contribution in [0, 0.1) is 0 Å². The molecule has 0 aromatic heterocycles. The van der Waals surface area contributed by atoms with Gasteiger partial charge in [-0.25, -0.2) is 0 Å². The first kappa shape index (κ1) is 13.8. The van der Waals surface area contributed by atoms with E-state index in [1.54, 1.807) is 7.11 Å². The summed E-state index contributed by atoms with van der Waals surface area (Å²) in [6.45, 7) is 7.45. The molecular weight excluding hydrogens is 210 g/mol. The smallest absolute Gasteiger partial charge is 0.119 e. The minimum atomic E-state index is 0.273. The Kier molecular flexibility index (Phi) is 5.78. The average molecular weight is 233 g/mol. The zero-order valence-electron chi connectivity index (χ0n) is 11.3. The predicted molar refractivity (Wildman–Crippen MR) is 73.5 cm³/mol. The predicted octanol–water partition coefficient (Wildman–Crippen LogP) is 3.70. The fourth-order valence-corrected chi connectivity index (χ4v) is 1.74. The molecule has 0 amide bonds. The van der Waals surface area contributed by atoms with Gasteiger partial charge in [0.1, 0.15) is 5.75 Å². The summed E-state index contributed by atoms with van der Waals surface area (Å²) in [7, 11) is 1.70. The number of hydrogen-bond acceptors (Lipinski definition) is 2. The molecule has 2 heteroatoms. The highest BCUT2D eigenvalue weighted by Gasteiger charge is 2.08. The van der Waals surface area contributed by atoms with Crippen LogP contribution < -0.4 is 10.1 Å². The fraction of sp³-hybridized carbons (Fsp3) is 0.467. The standard InChI is InChI=1S/C15H23NO/c1-5-9-16-15(10-12(2)3)13-7-6-8-14(11-13)17-4/h6-8,10-11,15-16H,5,9H2,1-4H3. The van der Waals surface area contributed by atoms with Gasteiger partial charge in [-0.05, 0) is 44.5 Å². The van der Waals surface area contributed by atoms with Crippen LogP contribution in [0.2, 0.25) is 0 Å². The van der Waals surface area contributed by atoms with Crippen molar-refractivity contribution in [1.82, 2.24) is 5.32 Å². The molecule has 0 saturated heterocycles. The lowest BCUT2D eigenvalue weighted by atomic mass is 10.0. The van der Waals surface area contributed by atoms with Crippen molar-refractivity contribution in [3.05, 3.63) is 41.5 Å². The van der Waals surface area contributed by atoms with Crippen molar-refractivity contribution in [2.75, 3.05) is 13.7 Å². The van der Waals surface area contributed by atoms with Crippen LogP contribution in [0.1, 0.15) is 38.8 Å². The Labute approximate surface area is 105 Å². The van der Waals surface area contributed by atoms with E-state index in [1.165, 1.54) is 11.1 Å². The third-order valence-corrected chi connectivity index (χ3v) is 2.57. The second-order valence-corrected chi connectivity index (χ2v) is 4.45. The molecule has 0 saturated carbocycles. The maximum absolute atomic E-state index is 5.27. The zero-order valence-corrected chi connectivity index (χ0v) is 11.3. The van der Waals surface area contributed by atoms with Crippen LogP contribution in [-0.2, 0) is 0 Å². The first-order valence-corrected chi connectivity index (χ1v) is 6.19. The van der Waals surface area contributed by atoms with E-state index in [4.69, 9.17) is 4.74 Å². The molecule has 17 heavy (non-hydrogen) atoms. The van der Waals surface area contributed by atoms with Crippen molar-refractivity contribution in [2.24, 2.45) is 0 Å². The summed E-state index contributed by atoms with van der Waals surface area (Å²) < 4.78 is 5.27. The zero-order chi connectivity index (χ0) is 12.7. The van der Waals surface area contributed by atoms with Gasteiger partial charge in [0.15, 0.2) is 0 Å². The molecule has 1 atom stereocenters. The van der Waals surface area contributed by atoms with Gasteiger partial charge in [0.25, 0.3) is 0 Å². The highest BCUT2D eigenvalue weighted by atomic mass is 16.5. The summed E-state index contributed by atoms with van der Waals surface area (Å²) in [6, 6.07) is 8.51. The summed E-state index contributed by atoms with van der Waals surface area (Å²) in [5.41, 5.74) is 2.57. The maximum atomic E-state index is 5.27. The third kappa shape index (κ3) is 4.61. The van der Waals surface area contributed by atoms with E-state index in [-0.39, 0.29) is 6.04 Å². The van der Waals surface area contributed by atoms with Crippen molar-refractivity contribution < 1.29 is 4.74 Å². The van der Waals surface area contributed by atoms with Gasteiger partial charge in [-0.15, -0.1) is 0 Å². The van der Waals surface area contributed by atoms with Crippen LogP contribution >= 0.6 is 0 Å². The highest BCUT2D eigenvalue weighted by molar-refractivity contribution is 5.32. The molecule has 1 unspecified atom stereocenters. The van der Waals surface area contributed by atoms with Crippen LogP contribution in [0.25, 0.3) is 0 Å². The molecular formula is C15H23NO. The van der Waals surface area contributed by atoms with Crippen LogP contribution in [-0.4, -0.2) is 13.7 Å². The first-order chi connectivity index (χ1) is 8.17. The van der Waals surface area contributed by atoms with Crippen LogP contribution in [0.15, 0.2) is 35.9 Å². The molecule has 0 aliphatic rings. The van der Waals surface area contributed by atoms with E-state index in [0.29, 0.717) is 0 Å². The number of methoxy groups -OCH3 is 1. The molecule has 1 aromatic rings. The van der Waals surface area contributed by atoms with Crippen LogP contribution in [0.5, 0.6) is 5.75 Å². The van der Waals surface area contributed by atoms with Crippen molar-refractivity contribution in [1.29, 1.82) is 0 Å². The van der Waals surface area contributed by atoms with Crippen molar-refractivity contribution >= 4 is 0 Å². The average Bonchev–Trinajstić information content (AvgIpc) is 2.34.